The first-order valence-electron chi connectivity index (χ1n) is 13.5. The first kappa shape index (κ1) is 27.5. The lowest BCUT2D eigenvalue weighted by molar-refractivity contribution is 0.205. The summed E-state index contributed by atoms with van der Waals surface area (Å²) in [5.41, 5.74) is 2.32. The van der Waals surface area contributed by atoms with Gasteiger partial charge in [-0.25, -0.2) is 13.7 Å². The van der Waals surface area contributed by atoms with Gasteiger partial charge in [-0.2, -0.15) is 9.78 Å². The van der Waals surface area contributed by atoms with E-state index in [0.717, 1.165) is 56.1 Å². The molecule has 0 radical (unpaired) electrons. The van der Waals surface area contributed by atoms with E-state index in [4.69, 9.17) is 4.74 Å². The molecule has 2 aromatic heterocycles. The van der Waals surface area contributed by atoms with Crippen molar-refractivity contribution in [3.63, 3.8) is 0 Å². The average Bonchev–Trinajstić information content (AvgIpc) is 3.58. The topological polar surface area (TPSA) is 94.7 Å². The van der Waals surface area contributed by atoms with Crippen LogP contribution in [-0.4, -0.2) is 63.0 Å². The Hall–Kier alpha value is -3.09. The highest BCUT2D eigenvalue weighted by Crippen LogP contribution is 2.32. The fraction of sp³-hybridized carbons (Fsp3) is 0.519. The van der Waals surface area contributed by atoms with Crippen molar-refractivity contribution < 1.29 is 9.13 Å². The van der Waals surface area contributed by atoms with Gasteiger partial charge in [0.25, 0.3) is 0 Å². The van der Waals surface area contributed by atoms with Crippen LogP contribution in [0.5, 0.6) is 5.75 Å². The number of anilines is 2. The van der Waals surface area contributed by atoms with Crippen molar-refractivity contribution >= 4 is 23.5 Å². The van der Waals surface area contributed by atoms with Crippen molar-refractivity contribution in [3.8, 4) is 11.4 Å². The summed E-state index contributed by atoms with van der Waals surface area (Å²) in [6.07, 6.45) is 7.38. The van der Waals surface area contributed by atoms with Crippen LogP contribution < -0.4 is 20.3 Å². The van der Waals surface area contributed by atoms with E-state index in [2.05, 4.69) is 19.3 Å². The Kier molecular flexibility index (Phi) is 8.43. The Morgan fingerprint density at radius 3 is 2.59 bits per heavy atom. The van der Waals surface area contributed by atoms with Crippen LogP contribution in [0, 0.1) is 17.9 Å². The molecular weight excluding hydrogens is 521 g/mol. The highest BCUT2D eigenvalue weighted by atomic mass is 32.2. The molecule has 0 bridgehead atoms. The quantitative estimate of drug-likeness (QED) is 0.285. The molecule has 1 saturated heterocycles. The summed E-state index contributed by atoms with van der Waals surface area (Å²) in [7, 11) is 1.47. The lowest BCUT2D eigenvalue weighted by Crippen LogP contribution is -2.44. The smallest absolute Gasteiger partial charge is 0.316 e. The molecule has 0 spiro atoms. The number of rotatable bonds is 9. The van der Waals surface area contributed by atoms with E-state index < -0.39 is 5.82 Å². The van der Waals surface area contributed by atoms with Crippen LogP contribution in [0.3, 0.4) is 0 Å². The summed E-state index contributed by atoms with van der Waals surface area (Å²) in [6, 6.07) is 4.48. The zero-order chi connectivity index (χ0) is 27.5. The Balaban J connectivity index is 1.33. The number of halogens is 1. The van der Waals surface area contributed by atoms with Gasteiger partial charge in [0, 0.05) is 32.7 Å². The van der Waals surface area contributed by atoms with E-state index in [9.17, 15) is 14.4 Å². The molecule has 0 amide bonds. The molecule has 1 aromatic carbocycles. The molecule has 3 heterocycles. The summed E-state index contributed by atoms with van der Waals surface area (Å²) >= 11 is 1.68. The summed E-state index contributed by atoms with van der Waals surface area (Å²) in [6.45, 7) is 7.49. The van der Waals surface area contributed by atoms with E-state index in [0.29, 0.717) is 41.6 Å². The van der Waals surface area contributed by atoms with Gasteiger partial charge in [0.1, 0.15) is 17.3 Å². The number of nitrogens with zero attached hydrogens (tertiary/aromatic N) is 7. The van der Waals surface area contributed by atoms with Crippen molar-refractivity contribution in [3.05, 3.63) is 63.4 Å². The third kappa shape index (κ3) is 6.07. The summed E-state index contributed by atoms with van der Waals surface area (Å²) in [5.74, 6) is 0.980. The second-order valence-corrected chi connectivity index (χ2v) is 11.1. The van der Waals surface area contributed by atoms with Gasteiger partial charge in [-0.15, -0.1) is 0 Å². The van der Waals surface area contributed by atoms with Crippen LogP contribution in [-0.2, 0) is 12.3 Å². The van der Waals surface area contributed by atoms with Crippen molar-refractivity contribution in [2.75, 3.05) is 43.2 Å². The molecule has 39 heavy (non-hydrogen) atoms. The fourth-order valence-corrected chi connectivity index (χ4v) is 6.27. The van der Waals surface area contributed by atoms with E-state index in [1.165, 1.54) is 23.9 Å². The van der Waals surface area contributed by atoms with E-state index in [1.54, 1.807) is 37.5 Å². The maximum Gasteiger partial charge on any atom is 0.316 e. The predicted octanol–water partition coefficient (Wildman–Crippen LogP) is 4.12. The third-order valence-electron chi connectivity index (χ3n) is 7.30. The van der Waals surface area contributed by atoms with Gasteiger partial charge in [-0.3, -0.25) is 4.79 Å². The molecule has 1 aliphatic heterocycles. The number of hydrogen-bond acceptors (Lipinski definition) is 9. The molecule has 1 saturated carbocycles. The van der Waals surface area contributed by atoms with Gasteiger partial charge in [-0.05, 0) is 70.3 Å². The van der Waals surface area contributed by atoms with Crippen LogP contribution >= 0.6 is 11.9 Å². The van der Waals surface area contributed by atoms with Crippen molar-refractivity contribution in [2.24, 2.45) is 0 Å². The highest BCUT2D eigenvalue weighted by Gasteiger charge is 2.27. The fourth-order valence-electron chi connectivity index (χ4n) is 5.25. The van der Waals surface area contributed by atoms with Crippen LogP contribution in [0.1, 0.15) is 43.9 Å². The van der Waals surface area contributed by atoms with Gasteiger partial charge in [0.15, 0.2) is 0 Å². The first-order valence-corrected chi connectivity index (χ1v) is 14.4. The monoisotopic (exact) mass is 556 g/mol. The molecule has 2 fully saturated rings. The van der Waals surface area contributed by atoms with Gasteiger partial charge in [0.05, 0.1) is 35.8 Å². The molecular formula is C27H35FN7O3S-. The molecule has 210 valence electrons. The molecule has 0 N–H and O–H groups in total. The van der Waals surface area contributed by atoms with Gasteiger partial charge >= 0.3 is 5.56 Å². The zero-order valence-electron chi connectivity index (χ0n) is 22.7. The SMILES string of the molecule is CCn1cnc(N(C)[O-])c1CSN1CCN(c2cnn(-c3cc(C)cc(F)c3)c(=O)c2OC2CCCC2)CC1. The third-order valence-corrected chi connectivity index (χ3v) is 8.43. The minimum Gasteiger partial charge on any atom is -0.757 e. The van der Waals surface area contributed by atoms with E-state index in [1.807, 2.05) is 11.5 Å². The van der Waals surface area contributed by atoms with Gasteiger partial charge in [0.2, 0.25) is 5.75 Å². The number of hydrogen-bond donors (Lipinski definition) is 0. The van der Waals surface area contributed by atoms with Crippen LogP contribution in [0.15, 0.2) is 35.5 Å². The molecule has 2 aliphatic rings. The van der Waals surface area contributed by atoms with Crippen molar-refractivity contribution in [1.29, 1.82) is 0 Å². The Labute approximate surface area is 232 Å². The molecule has 1 aliphatic carbocycles. The summed E-state index contributed by atoms with van der Waals surface area (Å²) in [4.78, 5) is 20.1. The number of benzene rings is 1. The minimum atomic E-state index is -0.411. The second-order valence-electron chi connectivity index (χ2n) is 10.1. The van der Waals surface area contributed by atoms with Crippen molar-refractivity contribution in [1.82, 2.24) is 23.6 Å². The van der Waals surface area contributed by atoms with Crippen LogP contribution in [0.2, 0.25) is 0 Å². The summed E-state index contributed by atoms with van der Waals surface area (Å²) < 4.78 is 26.0. The predicted molar refractivity (Wildman–Crippen MR) is 152 cm³/mol. The zero-order valence-corrected chi connectivity index (χ0v) is 23.5. The maximum absolute atomic E-state index is 14.1. The lowest BCUT2D eigenvalue weighted by atomic mass is 10.2. The van der Waals surface area contributed by atoms with Crippen LogP contribution in [0.4, 0.5) is 15.9 Å². The highest BCUT2D eigenvalue weighted by molar-refractivity contribution is 7.96. The molecule has 12 heteroatoms. The normalized spacial score (nSPS) is 16.7. The lowest BCUT2D eigenvalue weighted by Gasteiger charge is -2.36. The van der Waals surface area contributed by atoms with E-state index >= 15 is 0 Å². The summed E-state index contributed by atoms with van der Waals surface area (Å²) in [5, 5.41) is 17.2. The van der Waals surface area contributed by atoms with Gasteiger partial charge in [-0.1, -0.05) is 11.9 Å². The van der Waals surface area contributed by atoms with Crippen LogP contribution in [0.25, 0.3) is 5.69 Å². The van der Waals surface area contributed by atoms with Gasteiger partial charge < -0.3 is 24.5 Å². The number of hydroxylamine groups is 1. The first-order chi connectivity index (χ1) is 18.8. The Bertz CT molecular complexity index is 1330. The standard InChI is InChI=1S/C27H35FN7O3S/c1-4-32-18-29-26(31(3)37)24(32)17-39-34-11-9-33(10-12-34)23-16-30-35(21-14-19(2)13-20(28)15-21)27(36)25(23)38-22-7-5-6-8-22/h13-16,18,22H,4-12,17H2,1-3H3/q-1. The number of piperazine rings is 1. The molecule has 5 rings (SSSR count). The number of aromatic nitrogens is 4. The Morgan fingerprint density at radius 1 is 1.18 bits per heavy atom. The molecule has 0 atom stereocenters. The molecule has 10 nitrogen and oxygen atoms in total. The Morgan fingerprint density at radius 2 is 1.92 bits per heavy atom. The van der Waals surface area contributed by atoms with Crippen molar-refractivity contribution in [2.45, 2.75) is 57.9 Å². The number of ether oxygens (including phenoxy) is 1. The molecule has 0 unspecified atom stereocenters. The second kappa shape index (κ2) is 12.0. The largest absolute Gasteiger partial charge is 0.757 e. The maximum atomic E-state index is 14.1. The minimum absolute atomic E-state index is 0.00449. The average molecular weight is 557 g/mol. The number of imidazole rings is 1. The molecule has 3 aromatic rings. The van der Waals surface area contributed by atoms with E-state index in [-0.39, 0.29) is 17.4 Å². The number of aryl methyl sites for hydroxylation is 2.